The van der Waals surface area contributed by atoms with Crippen LogP contribution in [-0.4, -0.2) is 223 Å². The monoisotopic (exact) mass is 2200 g/mol. The third kappa shape index (κ3) is 40.4. The fourth-order valence-corrected chi connectivity index (χ4v) is 20.2. The number of nitrogens with one attached hydrogen (secondary N) is 7. The third-order valence-corrected chi connectivity index (χ3v) is 30.1. The van der Waals surface area contributed by atoms with Gasteiger partial charge in [-0.2, -0.15) is 18.9 Å². The number of carbonyl (C=O) groups excluding carboxylic acids is 1. The van der Waals surface area contributed by atoms with E-state index in [4.69, 9.17) is 31.3 Å². The van der Waals surface area contributed by atoms with Crippen molar-refractivity contribution in [3.8, 4) is 80.5 Å². The summed E-state index contributed by atoms with van der Waals surface area (Å²) in [6.45, 7) is 0.550. The van der Waals surface area contributed by atoms with E-state index >= 15 is 0 Å². The second kappa shape index (κ2) is 56.7. The second-order valence-corrected chi connectivity index (χ2v) is 43.3. The van der Waals surface area contributed by atoms with Crippen LogP contribution in [-0.2, 0) is 118 Å². The number of carboxylic acids is 5. The molecule has 12 aromatic carbocycles. The topological polar surface area (TPSA) is 836 Å². The number of amides is 1. The molecule has 0 aliphatic heterocycles. The molecule has 0 saturated carbocycles. The standard InChI is InChI=1S/C15H16N2O5S.C15H15NO6S.2C14H13NO6S.C14H15NO4S.C12H17NO6S.C11H15NO6S/c16-15(20)12(8-10-4-2-1-3-5-10)17-23(21,22)11-6-7-13(18)14(19)9-11;17-13-7-6-11(9-14(13)18)23(21,22)16-12(15(19)20)8-10-4-2-1-3-5-10;2*16-11-7-6-10(8-12(11)17)22(20,21)15-13(14(18)19)9-4-2-1-3-5-9;16-13-7-6-12(10-14(13)17)20(18,19)15-9-8-11-4-2-1-3-5-11;14-10-6-5-9(8-11(10)15)20(18,19)13-7-3-1-2-4-12(16)17;13-9-5-4-8(7-10(9)14)19(17,18)12-6-2-1-3-11(15)16/h1-7,9,12,17-19H,8H2,(H2,16,20);1-7,9,12,16-18H,8H2,(H,19,20);2*1-8,13,15-17H,(H,18,19);1-7,10,15-17H,8-9H2;5-6,8,13-15H,1-4,7H2,(H,16,17);4-5,7,12-14H,1-3,6H2,(H,15,16)/t2*12-;2*13-;;;/m0010.../s1. The van der Waals surface area contributed by atoms with E-state index in [-0.39, 0.29) is 96.5 Å². The van der Waals surface area contributed by atoms with Crippen LogP contribution in [0.25, 0.3) is 0 Å². The summed E-state index contributed by atoms with van der Waals surface area (Å²) in [6, 6.07) is 58.7. The molecular formula is C95H104N8O39S7. The first-order valence-electron chi connectivity index (χ1n) is 43.2. The van der Waals surface area contributed by atoms with Crippen molar-refractivity contribution >= 4 is 106 Å². The summed E-state index contributed by atoms with van der Waals surface area (Å²) in [7, 11) is -27.8. The molecule has 47 nitrogen and oxygen atoms in total. The minimum absolute atomic E-state index is 0.0122. The summed E-state index contributed by atoms with van der Waals surface area (Å²) >= 11 is 0. The molecule has 54 heteroatoms. The summed E-state index contributed by atoms with van der Waals surface area (Å²) in [5, 5.41) is 174. The average Bonchev–Trinajstić information content (AvgIpc) is 0.785. The Bertz CT molecular complexity index is 7180. The number of hydrogen-bond donors (Lipinski definition) is 27. The highest BCUT2D eigenvalue weighted by atomic mass is 32.2. The second-order valence-electron chi connectivity index (χ2n) is 31.1. The first-order chi connectivity index (χ1) is 69.8. The molecule has 0 fully saturated rings. The van der Waals surface area contributed by atoms with E-state index in [0.29, 0.717) is 44.1 Å². The molecule has 0 heterocycles. The van der Waals surface area contributed by atoms with Gasteiger partial charge in [0.25, 0.3) is 0 Å². The molecule has 0 aliphatic rings. The molecule has 12 rings (SSSR count). The lowest BCUT2D eigenvalue weighted by Crippen LogP contribution is -2.45. The average molecular weight is 2210 g/mol. The van der Waals surface area contributed by atoms with E-state index in [2.05, 4.69) is 33.1 Å². The van der Waals surface area contributed by atoms with Gasteiger partial charge in [-0.25, -0.2) is 73.1 Å². The van der Waals surface area contributed by atoms with Gasteiger partial charge in [0, 0.05) is 74.9 Å². The lowest BCUT2D eigenvalue weighted by Gasteiger charge is -2.16. The van der Waals surface area contributed by atoms with Crippen LogP contribution in [0.15, 0.2) is 313 Å². The van der Waals surface area contributed by atoms with Gasteiger partial charge < -0.3 is 103 Å². The Morgan fingerprint density at radius 1 is 0.235 bits per heavy atom. The Morgan fingerprint density at radius 3 is 0.705 bits per heavy atom. The smallest absolute Gasteiger partial charge is 0.326 e. The summed E-state index contributed by atoms with van der Waals surface area (Å²) in [6.07, 6.45) is 3.10. The minimum Gasteiger partial charge on any atom is -0.504 e. The molecule has 0 bridgehead atoms. The van der Waals surface area contributed by atoms with Crippen molar-refractivity contribution in [3.63, 3.8) is 0 Å². The molecule has 1 amide bonds. The van der Waals surface area contributed by atoms with Crippen molar-refractivity contribution in [2.75, 3.05) is 19.6 Å². The summed E-state index contributed by atoms with van der Waals surface area (Å²) in [4.78, 5) is 64.3. The predicted molar refractivity (Wildman–Crippen MR) is 531 cm³/mol. The molecule has 149 heavy (non-hydrogen) atoms. The van der Waals surface area contributed by atoms with Crippen LogP contribution in [0.2, 0.25) is 0 Å². The molecule has 28 N–H and O–H groups in total. The number of unbranched alkanes of at least 4 members (excludes halogenated alkanes) is 3. The fourth-order valence-electron chi connectivity index (χ4n) is 12.2. The molecule has 0 aliphatic carbocycles. The number of sulfonamides is 7. The van der Waals surface area contributed by atoms with Crippen LogP contribution in [0.3, 0.4) is 0 Å². The lowest BCUT2D eigenvalue weighted by atomic mass is 10.1. The fraction of sp³-hybridized carbons (Fsp3) is 0.179. The first kappa shape index (κ1) is 122. The highest BCUT2D eigenvalue weighted by Gasteiger charge is 2.32. The van der Waals surface area contributed by atoms with E-state index in [1.54, 1.807) is 97.1 Å². The van der Waals surface area contributed by atoms with Crippen LogP contribution < -0.4 is 38.8 Å². The molecule has 0 unspecified atom stereocenters. The van der Waals surface area contributed by atoms with Gasteiger partial charge in [-0.1, -0.05) is 158 Å². The van der Waals surface area contributed by atoms with Crippen molar-refractivity contribution < 1.29 is 185 Å². The number of carbonyl (C=O) groups is 6. The van der Waals surface area contributed by atoms with Gasteiger partial charge in [-0.15, -0.1) is 0 Å². The summed E-state index contributed by atoms with van der Waals surface area (Å²) < 4.78 is 185. The highest BCUT2D eigenvalue weighted by Crippen LogP contribution is 2.35. The SMILES string of the molecule is NC(=O)[C@H](Cc1ccccc1)NS(=O)(=O)c1ccc(O)c(O)c1.O=C(O)CCCCCNS(=O)(=O)c1ccc(O)c(O)c1.O=C(O)CCCCNS(=O)(=O)c1ccc(O)c(O)c1.O=C(O)[C@@H](NS(=O)(=O)c1ccc(O)c(O)c1)c1ccccc1.O=C(O)[C@H](Cc1ccccc1)NS(=O)(=O)c1ccc(O)c(O)c1.O=C(O)[C@H](NS(=O)(=O)c1ccc(O)c(O)c1)c1ccccc1.O=S(=O)(NCCc1ccccc1)c1ccc(O)c(O)c1. The van der Waals surface area contributed by atoms with E-state index < -0.39 is 205 Å². The molecule has 0 radical (unpaired) electrons. The zero-order valence-corrected chi connectivity index (χ0v) is 83.4. The largest absolute Gasteiger partial charge is 0.504 e. The van der Waals surface area contributed by atoms with Crippen molar-refractivity contribution in [2.24, 2.45) is 5.73 Å². The highest BCUT2D eigenvalue weighted by molar-refractivity contribution is 7.91. The van der Waals surface area contributed by atoms with E-state index in [1.807, 2.05) is 30.3 Å². The predicted octanol–water partition coefficient (Wildman–Crippen LogP) is 7.22. The number of hydrogen-bond acceptors (Lipinski definition) is 34. The number of carboxylic acid groups (broad SMARTS) is 5. The molecule has 0 saturated heterocycles. The van der Waals surface area contributed by atoms with Crippen molar-refractivity contribution in [2.45, 2.75) is 123 Å². The Morgan fingerprint density at radius 2 is 0.456 bits per heavy atom. The molecule has 0 aromatic heterocycles. The van der Waals surface area contributed by atoms with Crippen LogP contribution in [0, 0.1) is 0 Å². The van der Waals surface area contributed by atoms with Crippen LogP contribution in [0.1, 0.15) is 84.8 Å². The number of aromatic hydroxyl groups is 14. The Labute approximate surface area is 853 Å². The molecule has 800 valence electrons. The lowest BCUT2D eigenvalue weighted by molar-refractivity contribution is -0.140. The number of aliphatic carboxylic acids is 5. The zero-order chi connectivity index (χ0) is 111. The Hall–Kier alpha value is -16.0. The molecular weight excluding hydrogens is 2100 g/mol. The van der Waals surface area contributed by atoms with Crippen LogP contribution >= 0.6 is 0 Å². The van der Waals surface area contributed by atoms with Crippen LogP contribution in [0.5, 0.6) is 80.5 Å². The number of primary amides is 1. The van der Waals surface area contributed by atoms with Crippen molar-refractivity contribution in [1.82, 2.24) is 33.1 Å². The summed E-state index contributed by atoms with van der Waals surface area (Å²) in [5.41, 5.74) is 8.24. The van der Waals surface area contributed by atoms with Gasteiger partial charge in [0.2, 0.25) is 76.1 Å². The normalized spacial score (nSPS) is 12.2. The zero-order valence-electron chi connectivity index (χ0n) is 77.7. The maximum absolute atomic E-state index is 12.3. The van der Waals surface area contributed by atoms with Gasteiger partial charge in [-0.3, -0.25) is 28.8 Å². The maximum atomic E-state index is 12.3. The Kier molecular flexibility index (Phi) is 46.3. The summed E-state index contributed by atoms with van der Waals surface area (Å²) in [5.74, 6) is -13.6. The molecule has 0 spiro atoms. The number of phenols is 14. The van der Waals surface area contributed by atoms with Gasteiger partial charge in [0.15, 0.2) is 80.5 Å². The van der Waals surface area contributed by atoms with Crippen molar-refractivity contribution in [3.05, 3.63) is 307 Å². The first-order valence-corrected chi connectivity index (χ1v) is 53.6. The van der Waals surface area contributed by atoms with Gasteiger partial charge in [-0.05, 0) is 158 Å². The van der Waals surface area contributed by atoms with E-state index in [9.17, 15) is 159 Å². The Balaban J connectivity index is 0.000000266. The molecule has 12 aromatic rings. The quantitative estimate of drug-likeness (QED) is 0.0133. The van der Waals surface area contributed by atoms with E-state index in [0.717, 1.165) is 126 Å². The van der Waals surface area contributed by atoms with Crippen LogP contribution in [0.4, 0.5) is 0 Å². The third-order valence-electron chi connectivity index (χ3n) is 19.9. The number of benzene rings is 12. The van der Waals surface area contributed by atoms with E-state index in [1.165, 1.54) is 36.4 Å². The molecule has 4 atom stereocenters. The van der Waals surface area contributed by atoms with Gasteiger partial charge in [0.05, 0.1) is 34.3 Å². The number of phenolic OH excluding ortho intramolecular Hbond substituents is 14. The maximum Gasteiger partial charge on any atom is 0.326 e. The minimum atomic E-state index is -4.19. The number of nitrogens with two attached hydrogens (primary N) is 1. The van der Waals surface area contributed by atoms with Gasteiger partial charge >= 0.3 is 29.8 Å². The van der Waals surface area contributed by atoms with Crippen molar-refractivity contribution in [1.29, 1.82) is 0 Å². The number of rotatable bonds is 42. The van der Waals surface area contributed by atoms with Gasteiger partial charge in [0.1, 0.15) is 24.2 Å².